The summed E-state index contributed by atoms with van der Waals surface area (Å²) in [7, 11) is -1.48. The van der Waals surface area contributed by atoms with E-state index in [-0.39, 0.29) is 16.8 Å². The summed E-state index contributed by atoms with van der Waals surface area (Å²) in [6.07, 6.45) is 3.88. The molecule has 2 aliphatic heterocycles. The smallest absolute Gasteiger partial charge is 0.251 e. The van der Waals surface area contributed by atoms with Crippen LogP contribution in [0, 0.1) is 0 Å². The second-order valence-electron chi connectivity index (χ2n) is 9.39. The highest BCUT2D eigenvalue weighted by Crippen LogP contribution is 2.22. The lowest BCUT2D eigenvalue weighted by Gasteiger charge is -2.35. The van der Waals surface area contributed by atoms with Crippen LogP contribution in [0.2, 0.25) is 0 Å². The van der Waals surface area contributed by atoms with Gasteiger partial charge in [-0.25, -0.2) is 8.42 Å². The number of nitrogens with one attached hydrogen (secondary N) is 1. The topological polar surface area (TPSA) is 73.0 Å². The van der Waals surface area contributed by atoms with Crippen molar-refractivity contribution < 1.29 is 13.2 Å². The second kappa shape index (κ2) is 11.4. The molecule has 0 saturated carbocycles. The van der Waals surface area contributed by atoms with Crippen molar-refractivity contribution in [2.45, 2.75) is 36.6 Å². The summed E-state index contributed by atoms with van der Waals surface area (Å²) in [5.41, 5.74) is 1.42. The molecule has 1 N–H and O–H groups in total. The molecule has 1 atom stereocenters. The molecule has 2 aromatic rings. The summed E-state index contributed by atoms with van der Waals surface area (Å²) in [5.74, 6) is -0.254. The summed E-state index contributed by atoms with van der Waals surface area (Å²) in [6, 6.07) is 16.3. The predicted octanol–water partition coefficient (Wildman–Crippen LogP) is 2.97. The van der Waals surface area contributed by atoms with Gasteiger partial charge in [0.1, 0.15) is 0 Å². The summed E-state index contributed by atoms with van der Waals surface area (Å²) < 4.78 is 28.0. The molecule has 0 aromatic heterocycles. The Balaban J connectivity index is 1.51. The molecule has 0 bridgehead atoms. The monoisotopic (exact) mass is 484 g/mol. The standard InChI is InChI=1S/C26H36N4O3S/c1-28-16-18-29(19-17-28)21-25(22-10-5-4-6-11-22)27-26(31)23-12-9-13-24(20-23)34(32,33)30-14-7-2-3-8-15-30/h4-6,9-13,20,25H,2-3,7-8,14-19,21H2,1H3,(H,27,31). The molecular weight excluding hydrogens is 448 g/mol. The van der Waals surface area contributed by atoms with Gasteiger partial charge in [0, 0.05) is 51.4 Å². The van der Waals surface area contributed by atoms with Crippen molar-refractivity contribution in [1.82, 2.24) is 19.4 Å². The number of likely N-dealkylation sites (N-methyl/N-ethyl adjacent to an activating group) is 1. The van der Waals surface area contributed by atoms with Crippen LogP contribution < -0.4 is 5.32 Å². The first kappa shape index (κ1) is 24.9. The molecule has 2 fully saturated rings. The van der Waals surface area contributed by atoms with E-state index in [1.165, 1.54) is 6.07 Å². The molecule has 4 rings (SSSR count). The molecule has 0 spiro atoms. The van der Waals surface area contributed by atoms with Crippen LogP contribution in [0.25, 0.3) is 0 Å². The molecule has 8 heteroatoms. The highest BCUT2D eigenvalue weighted by molar-refractivity contribution is 7.89. The second-order valence-corrected chi connectivity index (χ2v) is 11.3. The number of carbonyl (C=O) groups excluding carboxylic acids is 1. The molecule has 184 valence electrons. The fourth-order valence-corrected chi connectivity index (χ4v) is 6.24. The molecule has 7 nitrogen and oxygen atoms in total. The third-order valence-corrected chi connectivity index (χ3v) is 8.74. The van der Waals surface area contributed by atoms with Gasteiger partial charge in [-0.2, -0.15) is 4.31 Å². The van der Waals surface area contributed by atoms with E-state index in [0.29, 0.717) is 18.7 Å². The highest BCUT2D eigenvalue weighted by Gasteiger charge is 2.27. The Morgan fingerprint density at radius 2 is 1.56 bits per heavy atom. The van der Waals surface area contributed by atoms with Gasteiger partial charge in [-0.1, -0.05) is 49.2 Å². The molecule has 2 saturated heterocycles. The van der Waals surface area contributed by atoms with E-state index in [1.807, 2.05) is 30.3 Å². The average molecular weight is 485 g/mol. The van der Waals surface area contributed by atoms with Crippen LogP contribution in [0.1, 0.15) is 47.6 Å². The predicted molar refractivity (Wildman–Crippen MR) is 134 cm³/mol. The first-order valence-electron chi connectivity index (χ1n) is 12.3. The number of hydrogen-bond acceptors (Lipinski definition) is 5. The van der Waals surface area contributed by atoms with Gasteiger partial charge in [-0.05, 0) is 43.7 Å². The maximum atomic E-state index is 13.3. The van der Waals surface area contributed by atoms with Gasteiger partial charge in [0.15, 0.2) is 0 Å². The van der Waals surface area contributed by atoms with Crippen molar-refractivity contribution in [2.75, 3.05) is 52.9 Å². The molecule has 1 amide bonds. The van der Waals surface area contributed by atoms with Crippen molar-refractivity contribution in [3.8, 4) is 0 Å². The highest BCUT2D eigenvalue weighted by atomic mass is 32.2. The lowest BCUT2D eigenvalue weighted by Crippen LogP contribution is -2.47. The zero-order valence-corrected chi connectivity index (χ0v) is 20.8. The molecule has 1 unspecified atom stereocenters. The van der Waals surface area contributed by atoms with Gasteiger partial charge in [-0.15, -0.1) is 0 Å². The van der Waals surface area contributed by atoms with Crippen LogP contribution in [0.3, 0.4) is 0 Å². The molecule has 2 aliphatic rings. The van der Waals surface area contributed by atoms with E-state index in [4.69, 9.17) is 0 Å². The number of nitrogens with zero attached hydrogens (tertiary/aromatic N) is 3. The third kappa shape index (κ3) is 6.24. The van der Waals surface area contributed by atoms with Gasteiger partial charge in [0.2, 0.25) is 10.0 Å². The van der Waals surface area contributed by atoms with Crippen molar-refractivity contribution in [3.05, 3.63) is 65.7 Å². The number of amides is 1. The minimum atomic E-state index is -3.61. The van der Waals surface area contributed by atoms with Gasteiger partial charge < -0.3 is 10.2 Å². The van der Waals surface area contributed by atoms with Crippen molar-refractivity contribution in [1.29, 1.82) is 0 Å². The zero-order valence-electron chi connectivity index (χ0n) is 20.0. The van der Waals surface area contributed by atoms with Gasteiger partial charge in [-0.3, -0.25) is 9.69 Å². The summed E-state index contributed by atoms with van der Waals surface area (Å²) in [6.45, 7) is 5.73. The normalized spacial score (nSPS) is 19.9. The number of carbonyl (C=O) groups is 1. The number of rotatable bonds is 7. The fraction of sp³-hybridized carbons (Fsp3) is 0.500. The molecule has 2 heterocycles. The van der Waals surface area contributed by atoms with Crippen LogP contribution in [-0.4, -0.2) is 81.3 Å². The quantitative estimate of drug-likeness (QED) is 0.654. The Morgan fingerprint density at radius 1 is 0.882 bits per heavy atom. The van der Waals surface area contributed by atoms with E-state index in [9.17, 15) is 13.2 Å². The zero-order chi connectivity index (χ0) is 24.0. The van der Waals surface area contributed by atoms with E-state index in [2.05, 4.69) is 22.2 Å². The maximum absolute atomic E-state index is 13.3. The van der Waals surface area contributed by atoms with E-state index in [1.54, 1.807) is 22.5 Å². The summed E-state index contributed by atoms with van der Waals surface area (Å²) in [5, 5.41) is 3.17. The SMILES string of the molecule is CN1CCN(CC(NC(=O)c2cccc(S(=O)(=O)N3CCCCCC3)c2)c2ccccc2)CC1. The lowest BCUT2D eigenvalue weighted by molar-refractivity contribution is 0.0907. The number of hydrogen-bond donors (Lipinski definition) is 1. The molecular formula is C26H36N4O3S. The fourth-order valence-electron chi connectivity index (χ4n) is 4.68. The largest absolute Gasteiger partial charge is 0.344 e. The molecule has 2 aromatic carbocycles. The Morgan fingerprint density at radius 3 is 2.24 bits per heavy atom. The minimum Gasteiger partial charge on any atom is -0.344 e. The van der Waals surface area contributed by atoms with Crippen LogP contribution in [0.5, 0.6) is 0 Å². The third-order valence-electron chi connectivity index (χ3n) is 6.84. The van der Waals surface area contributed by atoms with Gasteiger partial charge in [0.05, 0.1) is 10.9 Å². The summed E-state index contributed by atoms with van der Waals surface area (Å²) >= 11 is 0. The van der Waals surface area contributed by atoms with Crippen LogP contribution in [-0.2, 0) is 10.0 Å². The van der Waals surface area contributed by atoms with Crippen molar-refractivity contribution >= 4 is 15.9 Å². The van der Waals surface area contributed by atoms with E-state index < -0.39 is 10.0 Å². The Hall–Kier alpha value is -2.26. The first-order chi connectivity index (χ1) is 16.4. The Labute approximate surface area is 203 Å². The van der Waals surface area contributed by atoms with Crippen molar-refractivity contribution in [3.63, 3.8) is 0 Å². The van der Waals surface area contributed by atoms with Crippen LogP contribution in [0.15, 0.2) is 59.5 Å². The van der Waals surface area contributed by atoms with Crippen LogP contribution >= 0.6 is 0 Å². The maximum Gasteiger partial charge on any atom is 0.251 e. The number of benzene rings is 2. The number of piperazine rings is 1. The van der Waals surface area contributed by atoms with Crippen molar-refractivity contribution in [2.24, 2.45) is 0 Å². The molecule has 34 heavy (non-hydrogen) atoms. The average Bonchev–Trinajstić information content (AvgIpc) is 3.16. The minimum absolute atomic E-state index is 0.178. The van der Waals surface area contributed by atoms with E-state index >= 15 is 0 Å². The summed E-state index contributed by atoms with van der Waals surface area (Å²) in [4.78, 5) is 18.2. The first-order valence-corrected chi connectivity index (χ1v) is 13.7. The number of sulfonamides is 1. The molecule has 0 aliphatic carbocycles. The Bertz CT molecular complexity index is 1040. The van der Waals surface area contributed by atoms with Crippen LogP contribution in [0.4, 0.5) is 0 Å². The molecule has 0 radical (unpaired) electrons. The van der Waals surface area contributed by atoms with Gasteiger partial charge >= 0.3 is 0 Å². The van der Waals surface area contributed by atoms with E-state index in [0.717, 1.165) is 64.0 Å². The lowest BCUT2D eigenvalue weighted by atomic mass is 10.0. The van der Waals surface area contributed by atoms with Gasteiger partial charge in [0.25, 0.3) is 5.91 Å². The Kier molecular flexibility index (Phi) is 8.37.